The predicted molar refractivity (Wildman–Crippen MR) is 133 cm³/mol. The number of hydrogen-bond donors (Lipinski definition) is 0. The summed E-state index contributed by atoms with van der Waals surface area (Å²) >= 11 is 0. The molecule has 1 aliphatic rings. The van der Waals surface area contributed by atoms with E-state index in [-0.39, 0.29) is 12.8 Å². The van der Waals surface area contributed by atoms with Crippen LogP contribution < -0.4 is 0 Å². The molecule has 2 heterocycles. The van der Waals surface area contributed by atoms with Crippen LogP contribution in [0.25, 0.3) is 33.3 Å². The van der Waals surface area contributed by atoms with Crippen molar-refractivity contribution in [3.63, 3.8) is 0 Å². The van der Waals surface area contributed by atoms with Crippen LogP contribution >= 0.6 is 0 Å². The van der Waals surface area contributed by atoms with Crippen LogP contribution in [0.2, 0.25) is 0 Å². The maximum absolute atomic E-state index is 14.5. The zero-order valence-electron chi connectivity index (χ0n) is 20.6. The van der Waals surface area contributed by atoms with E-state index in [0.717, 1.165) is 27.7 Å². The zero-order valence-corrected chi connectivity index (χ0v) is 20.6. The van der Waals surface area contributed by atoms with Crippen LogP contribution in [-0.2, 0) is 40.1 Å². The van der Waals surface area contributed by atoms with Gasteiger partial charge in [0, 0.05) is 62.3 Å². The molecule has 4 aromatic rings. The van der Waals surface area contributed by atoms with Crippen LogP contribution in [0.15, 0.2) is 36.4 Å². The lowest BCUT2D eigenvalue weighted by atomic mass is 9.92. The van der Waals surface area contributed by atoms with Crippen LogP contribution in [0.1, 0.15) is 28.0 Å². The summed E-state index contributed by atoms with van der Waals surface area (Å²) in [5.74, 6) is -2.47. The molecule has 1 aliphatic carbocycles. The van der Waals surface area contributed by atoms with Gasteiger partial charge >= 0.3 is 5.97 Å². The Hall–Kier alpha value is -3.30. The topological polar surface area (TPSA) is 67.5 Å². The highest BCUT2D eigenvalue weighted by molar-refractivity contribution is 5.95. The molecule has 0 saturated heterocycles. The first-order valence-corrected chi connectivity index (χ1v) is 12.0. The summed E-state index contributed by atoms with van der Waals surface area (Å²) in [7, 11) is 4.61. The van der Waals surface area contributed by atoms with E-state index in [0.29, 0.717) is 55.2 Å². The lowest BCUT2D eigenvalue weighted by Gasteiger charge is -2.23. The second-order valence-corrected chi connectivity index (χ2v) is 9.11. The molecular formula is C27H29F2N3O4. The summed E-state index contributed by atoms with van der Waals surface area (Å²) < 4.78 is 48.5. The molecule has 0 atom stereocenters. The second-order valence-electron chi connectivity index (χ2n) is 9.11. The fourth-order valence-electron chi connectivity index (χ4n) is 5.19. The quantitative estimate of drug-likeness (QED) is 0.325. The van der Waals surface area contributed by atoms with Crippen molar-refractivity contribution in [1.82, 2.24) is 14.1 Å². The molecule has 0 bridgehead atoms. The maximum atomic E-state index is 14.5. The van der Waals surface area contributed by atoms with Crippen molar-refractivity contribution in [1.29, 1.82) is 0 Å². The maximum Gasteiger partial charge on any atom is 0.337 e. The number of halogens is 2. The number of imidazole rings is 1. The minimum absolute atomic E-state index is 0.147. The Labute approximate surface area is 207 Å². The Balaban J connectivity index is 1.68. The highest BCUT2D eigenvalue weighted by atomic mass is 19.3. The molecule has 190 valence electrons. The van der Waals surface area contributed by atoms with Crippen LogP contribution in [0, 0.1) is 0 Å². The van der Waals surface area contributed by atoms with Crippen LogP contribution in [0.5, 0.6) is 0 Å². The molecule has 0 fully saturated rings. The Morgan fingerprint density at radius 2 is 1.72 bits per heavy atom. The van der Waals surface area contributed by atoms with E-state index in [9.17, 15) is 13.6 Å². The first kappa shape index (κ1) is 24.4. The molecule has 0 radical (unpaired) electrons. The highest BCUT2D eigenvalue weighted by Crippen LogP contribution is 2.40. The summed E-state index contributed by atoms with van der Waals surface area (Å²) in [4.78, 5) is 16.9. The number of aromatic nitrogens is 3. The first-order chi connectivity index (χ1) is 17.4. The van der Waals surface area contributed by atoms with Gasteiger partial charge in [-0.05, 0) is 48.4 Å². The van der Waals surface area contributed by atoms with E-state index in [1.165, 1.54) is 7.11 Å². The molecular weight excluding hydrogens is 468 g/mol. The van der Waals surface area contributed by atoms with Gasteiger partial charge in [0.2, 0.25) is 0 Å². The van der Waals surface area contributed by atoms with Gasteiger partial charge in [0.05, 0.1) is 36.9 Å². The Bertz CT molecular complexity index is 1440. The highest BCUT2D eigenvalue weighted by Gasteiger charge is 2.37. The molecule has 2 aromatic heterocycles. The third-order valence-corrected chi connectivity index (χ3v) is 6.92. The predicted octanol–water partition coefficient (Wildman–Crippen LogP) is 4.86. The van der Waals surface area contributed by atoms with Crippen molar-refractivity contribution in [2.24, 2.45) is 0 Å². The Kier molecular flexibility index (Phi) is 6.53. The molecule has 2 aromatic carbocycles. The minimum Gasteiger partial charge on any atom is -0.465 e. The van der Waals surface area contributed by atoms with E-state index < -0.39 is 11.9 Å². The number of alkyl halides is 2. The lowest BCUT2D eigenvalue weighted by Crippen LogP contribution is -2.26. The van der Waals surface area contributed by atoms with Crippen molar-refractivity contribution < 1.29 is 27.8 Å². The van der Waals surface area contributed by atoms with Gasteiger partial charge in [-0.25, -0.2) is 18.6 Å². The molecule has 0 aliphatic heterocycles. The molecule has 7 nitrogen and oxygen atoms in total. The zero-order chi connectivity index (χ0) is 25.4. The number of fused-ring (bicyclic) bond motifs is 4. The number of rotatable bonds is 8. The monoisotopic (exact) mass is 497 g/mol. The van der Waals surface area contributed by atoms with Crippen molar-refractivity contribution in [3.05, 3.63) is 53.2 Å². The molecule has 0 amide bonds. The van der Waals surface area contributed by atoms with E-state index in [4.69, 9.17) is 19.2 Å². The smallest absolute Gasteiger partial charge is 0.337 e. The molecule has 0 spiro atoms. The van der Waals surface area contributed by atoms with E-state index in [1.807, 2.05) is 28.8 Å². The number of hydrogen-bond acceptors (Lipinski definition) is 5. The number of carbonyl (C=O) groups is 1. The molecule has 0 N–H and O–H groups in total. The average Bonchev–Trinajstić information content (AvgIpc) is 3.39. The summed E-state index contributed by atoms with van der Waals surface area (Å²) in [5, 5.41) is 0.818. The molecule has 9 heteroatoms. The van der Waals surface area contributed by atoms with Crippen molar-refractivity contribution in [2.75, 3.05) is 34.5 Å². The Morgan fingerprint density at radius 1 is 1.00 bits per heavy atom. The fourth-order valence-corrected chi connectivity index (χ4v) is 5.19. The van der Waals surface area contributed by atoms with Crippen LogP contribution in [0.3, 0.4) is 0 Å². The number of carbonyl (C=O) groups excluding carboxylic acids is 1. The van der Waals surface area contributed by atoms with Gasteiger partial charge in [0.15, 0.2) is 0 Å². The number of esters is 1. The molecule has 36 heavy (non-hydrogen) atoms. The van der Waals surface area contributed by atoms with Gasteiger partial charge < -0.3 is 23.3 Å². The van der Waals surface area contributed by atoms with Gasteiger partial charge in [0.1, 0.15) is 5.82 Å². The number of benzene rings is 2. The third-order valence-electron chi connectivity index (χ3n) is 6.92. The molecule has 0 unspecified atom stereocenters. The standard InChI is InChI=1S/C27H29F2N3O4/c1-34-12-10-31-22-6-4-17(14-19(22)20-16-27(28,29)9-8-23(20)31)25-30-21-15-18(26(33)36-3)5-7-24(21)32(25)11-13-35-2/h4-7,14-15H,8-13,16H2,1-3H3. The van der Waals surface area contributed by atoms with E-state index in [2.05, 4.69) is 4.57 Å². The summed E-state index contributed by atoms with van der Waals surface area (Å²) in [6.45, 7) is 2.12. The van der Waals surface area contributed by atoms with Crippen molar-refractivity contribution in [2.45, 2.75) is 38.3 Å². The normalized spacial score (nSPS) is 14.9. The van der Waals surface area contributed by atoms with Gasteiger partial charge in [0.25, 0.3) is 5.92 Å². The fraction of sp³-hybridized carbons (Fsp3) is 0.407. The number of ether oxygens (including phenoxy) is 3. The lowest BCUT2D eigenvalue weighted by molar-refractivity contribution is -0.0126. The van der Waals surface area contributed by atoms with Crippen molar-refractivity contribution in [3.8, 4) is 11.4 Å². The first-order valence-electron chi connectivity index (χ1n) is 12.0. The Morgan fingerprint density at radius 3 is 2.44 bits per heavy atom. The van der Waals surface area contributed by atoms with E-state index >= 15 is 0 Å². The van der Waals surface area contributed by atoms with E-state index in [1.54, 1.807) is 26.4 Å². The summed E-state index contributed by atoms with van der Waals surface area (Å²) in [6, 6.07) is 11.2. The van der Waals surface area contributed by atoms with Gasteiger partial charge in [-0.15, -0.1) is 0 Å². The van der Waals surface area contributed by atoms with Crippen LogP contribution in [-0.4, -0.2) is 60.6 Å². The SMILES string of the molecule is COCCn1c(-c2ccc3c(c2)c2c(n3CCOC)CCC(F)(F)C2)nc2cc(C(=O)OC)ccc21. The summed E-state index contributed by atoms with van der Waals surface area (Å²) in [6.07, 6.45) is -0.0882. The van der Waals surface area contributed by atoms with Gasteiger partial charge in [-0.2, -0.15) is 0 Å². The minimum atomic E-state index is -2.72. The number of nitrogens with zero attached hydrogens (tertiary/aromatic N) is 3. The molecule has 0 saturated carbocycles. The largest absolute Gasteiger partial charge is 0.465 e. The summed E-state index contributed by atoms with van der Waals surface area (Å²) in [5.41, 5.74) is 5.31. The van der Waals surface area contributed by atoms with Crippen LogP contribution in [0.4, 0.5) is 8.78 Å². The average molecular weight is 498 g/mol. The second kappa shape index (κ2) is 9.63. The van der Waals surface area contributed by atoms with Gasteiger partial charge in [-0.3, -0.25) is 0 Å². The molecule has 5 rings (SSSR count). The third kappa shape index (κ3) is 4.26. The number of methoxy groups -OCH3 is 3. The van der Waals surface area contributed by atoms with Crippen molar-refractivity contribution >= 4 is 27.9 Å². The van der Waals surface area contributed by atoms with Gasteiger partial charge in [-0.1, -0.05) is 0 Å².